The molecule has 0 fully saturated rings. The molecule has 0 bridgehead atoms. The summed E-state index contributed by atoms with van der Waals surface area (Å²) in [4.78, 5) is 18.5. The van der Waals surface area contributed by atoms with Crippen molar-refractivity contribution < 1.29 is 31.5 Å². The maximum Gasteiger partial charge on any atom is 0.673 e. The molecule has 0 saturated carbocycles. The number of methoxy groups -OCH3 is 2. The zero-order chi connectivity index (χ0) is 22.6. The Morgan fingerprint density at radius 2 is 1.39 bits per heavy atom. The highest BCUT2D eigenvalue weighted by Crippen LogP contribution is 2.61. The van der Waals surface area contributed by atoms with E-state index in [-0.39, 0.29) is 5.97 Å². The van der Waals surface area contributed by atoms with Gasteiger partial charge in [-0.2, -0.15) is 10.9 Å². The molecule has 0 aliphatic carbocycles. The Hall–Kier alpha value is -2.59. The molecule has 0 saturated heterocycles. The lowest BCUT2D eigenvalue weighted by Crippen LogP contribution is -2.05. The van der Waals surface area contributed by atoms with E-state index in [2.05, 4.69) is 54.6 Å². The number of esters is 1. The van der Waals surface area contributed by atoms with Gasteiger partial charge < -0.3 is 26.7 Å². The molecule has 0 amide bonds. The summed E-state index contributed by atoms with van der Waals surface area (Å²) in [5, 5.41) is 0. The Morgan fingerprint density at radius 1 is 0.871 bits per heavy atom. The number of fused-ring (bicyclic) bond motifs is 2. The smallest absolute Gasteiger partial charge is 0.496 e. The van der Waals surface area contributed by atoms with Crippen molar-refractivity contribution in [3.63, 3.8) is 0 Å². The van der Waals surface area contributed by atoms with Crippen molar-refractivity contribution in [1.82, 2.24) is 0 Å². The largest absolute Gasteiger partial charge is 0.673 e. The Kier molecular flexibility index (Phi) is 7.22. The first-order valence-corrected chi connectivity index (χ1v) is 11.2. The van der Waals surface area contributed by atoms with Crippen LogP contribution >= 0.6 is 22.7 Å². The summed E-state index contributed by atoms with van der Waals surface area (Å²) in [6, 6.07) is 22.8. The van der Waals surface area contributed by atoms with Gasteiger partial charge >= 0.3 is 13.2 Å². The summed E-state index contributed by atoms with van der Waals surface area (Å²) in [7, 11) is -3.79. The third-order valence-corrected chi connectivity index (χ3v) is 8.27. The van der Waals surface area contributed by atoms with E-state index in [4.69, 9.17) is 9.47 Å². The number of thiol groups is 1. The molecule has 3 aromatic rings. The van der Waals surface area contributed by atoms with Crippen molar-refractivity contribution in [2.45, 2.75) is 24.5 Å². The monoisotopic (exact) mass is 469 g/mol. The van der Waals surface area contributed by atoms with Gasteiger partial charge in [0.2, 0.25) is 0 Å². The number of hydrogen-bond acceptors (Lipinski definition) is 4. The molecule has 3 aromatic carbocycles. The zero-order valence-corrected chi connectivity index (χ0v) is 18.2. The van der Waals surface area contributed by atoms with Crippen LogP contribution in [0.4, 0.5) is 17.3 Å². The fourth-order valence-electron chi connectivity index (χ4n) is 3.09. The van der Waals surface area contributed by atoms with Crippen LogP contribution in [0, 0.1) is 0 Å². The number of benzene rings is 3. The average molecular weight is 469 g/mol. The molecule has 0 N–H and O–H groups in total. The van der Waals surface area contributed by atoms with E-state index in [0.717, 1.165) is 4.90 Å². The number of carbonyl (C=O) groups is 1. The molecule has 0 unspecified atom stereocenters. The van der Waals surface area contributed by atoms with Gasteiger partial charge in [-0.15, -0.1) is 0 Å². The normalized spacial score (nSPS) is 13.3. The van der Waals surface area contributed by atoms with Crippen LogP contribution in [0.2, 0.25) is 0 Å². The number of hydrogen-bond donors (Lipinski definition) is 1. The van der Waals surface area contributed by atoms with Crippen molar-refractivity contribution in [3.05, 3.63) is 72.3 Å². The summed E-state index contributed by atoms with van der Waals surface area (Å²) < 4.78 is 49.3. The lowest BCUT2D eigenvalue weighted by Gasteiger charge is -2.31. The Labute approximate surface area is 184 Å². The second kappa shape index (κ2) is 9.70. The lowest BCUT2D eigenvalue weighted by molar-refractivity contribution is 0.0596. The maximum absolute atomic E-state index is 12.2. The molecule has 3 nitrogen and oxygen atoms in total. The maximum atomic E-state index is 12.2. The molecule has 0 spiro atoms. The van der Waals surface area contributed by atoms with E-state index in [1.807, 2.05) is 12.1 Å². The molecule has 1 heterocycles. The Morgan fingerprint density at radius 3 is 1.87 bits per heavy atom. The van der Waals surface area contributed by atoms with Crippen LogP contribution in [0.15, 0.2) is 91.2 Å². The summed E-state index contributed by atoms with van der Waals surface area (Å²) >= 11 is 1.80. The van der Waals surface area contributed by atoms with E-state index in [1.54, 1.807) is 18.9 Å². The van der Waals surface area contributed by atoms with Gasteiger partial charge in [-0.3, -0.25) is 0 Å². The second-order valence-electron chi connectivity index (χ2n) is 6.24. The number of halogens is 4. The average Bonchev–Trinajstić information content (AvgIpc) is 2.75. The van der Waals surface area contributed by atoms with Crippen molar-refractivity contribution in [3.8, 4) is 5.75 Å². The van der Waals surface area contributed by atoms with Gasteiger partial charge in [0.25, 0.3) is 0 Å². The topological polar surface area (TPSA) is 35.5 Å². The lowest BCUT2D eigenvalue weighted by atomic mass is 10.2. The van der Waals surface area contributed by atoms with Gasteiger partial charge in [0.15, 0.2) is 0 Å². The minimum absolute atomic E-state index is 0.383. The van der Waals surface area contributed by atoms with Crippen LogP contribution in [0.25, 0.3) is 0 Å². The van der Waals surface area contributed by atoms with Crippen LogP contribution in [-0.2, 0) is 4.74 Å². The molecule has 10 heteroatoms. The van der Waals surface area contributed by atoms with Gasteiger partial charge in [0.1, 0.15) is 11.3 Å². The van der Waals surface area contributed by atoms with Gasteiger partial charge in [0.05, 0.1) is 14.2 Å². The van der Waals surface area contributed by atoms with Crippen molar-refractivity contribution in [1.29, 1.82) is 0 Å². The van der Waals surface area contributed by atoms with Crippen molar-refractivity contribution in [2.75, 3.05) is 14.2 Å². The van der Waals surface area contributed by atoms with E-state index >= 15 is 0 Å². The van der Waals surface area contributed by atoms with E-state index in [0.29, 0.717) is 11.3 Å². The predicted octanol–water partition coefficient (Wildman–Crippen LogP) is 6.72. The van der Waals surface area contributed by atoms with Gasteiger partial charge in [0, 0.05) is 19.6 Å². The molecule has 31 heavy (non-hydrogen) atoms. The first kappa shape index (κ1) is 23.1. The van der Waals surface area contributed by atoms with E-state index in [9.17, 15) is 22.1 Å². The van der Waals surface area contributed by atoms with Crippen LogP contribution in [-0.4, -0.2) is 27.4 Å². The molecular formula is C21H18BF4O3S2-. The quantitative estimate of drug-likeness (QED) is 0.156. The van der Waals surface area contributed by atoms with Crippen molar-refractivity contribution >= 4 is 35.9 Å². The van der Waals surface area contributed by atoms with Crippen LogP contribution in [0.1, 0.15) is 10.4 Å². The van der Waals surface area contributed by atoms with Crippen LogP contribution < -0.4 is 4.74 Å². The standard InChI is InChI=1S/C21H18O3S2.BF4/c1-23-16-12-11-14(13-15(16)21(22)24-2)26-19-9-5-3-7-17(19)25-18-8-4-6-10-20(18)26;2-1(3,4)5/h3-13,26H,1-2H3;/q;-1. The van der Waals surface area contributed by atoms with Gasteiger partial charge in [-0.25, -0.2) is 4.79 Å². The SMILES string of the molecule is COC(=O)c1cc([SH]2c3ccccc3Sc3ccccc32)ccc1OC.F[B-](F)(F)F. The van der Waals surface area contributed by atoms with E-state index in [1.165, 1.54) is 26.7 Å². The summed E-state index contributed by atoms with van der Waals surface area (Å²) in [5.41, 5.74) is 0.461. The fraction of sp³-hybridized carbons (Fsp3) is 0.0952. The van der Waals surface area contributed by atoms with Gasteiger partial charge in [-0.1, -0.05) is 36.0 Å². The third-order valence-electron chi connectivity index (χ3n) is 4.28. The number of carbonyl (C=O) groups excluding carboxylic acids is 1. The first-order valence-electron chi connectivity index (χ1n) is 9.02. The highest BCUT2D eigenvalue weighted by atomic mass is 32.2. The zero-order valence-electron chi connectivity index (χ0n) is 16.5. The molecule has 1 aliphatic rings. The molecule has 164 valence electrons. The molecule has 4 rings (SSSR count). The van der Waals surface area contributed by atoms with Crippen LogP contribution in [0.3, 0.4) is 0 Å². The second-order valence-corrected chi connectivity index (χ2v) is 9.48. The first-order chi connectivity index (χ1) is 14.7. The van der Waals surface area contributed by atoms with Gasteiger partial charge in [-0.05, 0) is 47.4 Å². The fourth-order valence-corrected chi connectivity index (χ4v) is 7.14. The number of rotatable bonds is 3. The highest BCUT2D eigenvalue weighted by molar-refractivity contribution is 8.18. The number of ether oxygens (including phenoxy) is 2. The molecule has 0 atom stereocenters. The summed E-state index contributed by atoms with van der Waals surface area (Å²) in [6.07, 6.45) is 0. The molecule has 1 aliphatic heterocycles. The molecular weight excluding hydrogens is 451 g/mol. The van der Waals surface area contributed by atoms with Crippen LogP contribution in [0.5, 0.6) is 5.75 Å². The minimum atomic E-state index is -6.00. The Bertz CT molecular complexity index is 1040. The highest BCUT2D eigenvalue weighted by Gasteiger charge is 2.26. The van der Waals surface area contributed by atoms with E-state index < -0.39 is 18.1 Å². The summed E-state index contributed by atoms with van der Waals surface area (Å²) in [5.74, 6) is 0.148. The predicted molar refractivity (Wildman–Crippen MR) is 115 cm³/mol. The minimum Gasteiger partial charge on any atom is -0.496 e. The third kappa shape index (κ3) is 5.56. The van der Waals surface area contributed by atoms with Crippen molar-refractivity contribution in [2.24, 2.45) is 0 Å². The summed E-state index contributed by atoms with van der Waals surface area (Å²) in [6.45, 7) is 0. The molecule has 0 radical (unpaired) electrons. The molecule has 0 aromatic heterocycles. The Balaban J connectivity index is 0.000000491.